The molecule has 1 aromatic carbocycles. The predicted octanol–water partition coefficient (Wildman–Crippen LogP) is 3.28. The minimum atomic E-state index is -0.125. The van der Waals surface area contributed by atoms with E-state index >= 15 is 0 Å². The van der Waals surface area contributed by atoms with Gasteiger partial charge in [0.05, 0.1) is 3.57 Å². The third-order valence-electron chi connectivity index (χ3n) is 3.20. The fourth-order valence-corrected chi connectivity index (χ4v) is 2.71. The summed E-state index contributed by atoms with van der Waals surface area (Å²) in [4.78, 5) is 12.0. The van der Waals surface area contributed by atoms with Crippen molar-refractivity contribution in [2.24, 2.45) is 0 Å². The summed E-state index contributed by atoms with van der Waals surface area (Å²) in [7, 11) is 0. The van der Waals surface area contributed by atoms with Crippen molar-refractivity contribution in [1.82, 2.24) is 5.32 Å². The largest absolute Gasteiger partial charge is 0.507 e. The van der Waals surface area contributed by atoms with Gasteiger partial charge in [0.25, 0.3) is 5.91 Å². The summed E-state index contributed by atoms with van der Waals surface area (Å²) >= 11 is 8.05. The number of benzene rings is 1. The lowest BCUT2D eigenvalue weighted by atomic mass is 9.95. The second-order valence-electron chi connectivity index (χ2n) is 4.59. The average Bonchev–Trinajstić information content (AvgIpc) is 2.35. The van der Waals surface area contributed by atoms with Crippen molar-refractivity contribution >= 4 is 40.1 Å². The number of carbonyl (C=O) groups excluding carboxylic acids is 1. The van der Waals surface area contributed by atoms with Gasteiger partial charge in [0.15, 0.2) is 0 Å². The molecule has 5 heteroatoms. The summed E-state index contributed by atoms with van der Waals surface area (Å²) in [6, 6.07) is 5.17. The van der Waals surface area contributed by atoms with E-state index in [2.05, 4.69) is 5.32 Å². The minimum Gasteiger partial charge on any atom is -0.507 e. The first kappa shape index (κ1) is 13.9. The van der Waals surface area contributed by atoms with Crippen LogP contribution in [0.2, 0.25) is 0 Å². The third kappa shape index (κ3) is 3.51. The topological polar surface area (TPSA) is 49.3 Å². The highest BCUT2D eigenvalue weighted by Crippen LogP contribution is 2.24. The van der Waals surface area contributed by atoms with Crippen molar-refractivity contribution in [3.8, 4) is 5.75 Å². The summed E-state index contributed by atoms with van der Waals surface area (Å²) in [6.45, 7) is 0. The number of amides is 1. The quantitative estimate of drug-likeness (QED) is 0.612. The predicted molar refractivity (Wildman–Crippen MR) is 80.2 cm³/mol. The summed E-state index contributed by atoms with van der Waals surface area (Å²) in [5, 5.41) is 12.8. The van der Waals surface area contributed by atoms with Gasteiger partial charge >= 0.3 is 0 Å². The van der Waals surface area contributed by atoms with Crippen molar-refractivity contribution in [3.05, 3.63) is 27.3 Å². The van der Waals surface area contributed by atoms with Gasteiger partial charge in [-0.05, 0) is 66.5 Å². The number of hydrogen-bond acceptors (Lipinski definition) is 2. The van der Waals surface area contributed by atoms with Crippen molar-refractivity contribution in [3.63, 3.8) is 0 Å². The number of alkyl halides is 1. The lowest BCUT2D eigenvalue weighted by Gasteiger charge is -2.25. The van der Waals surface area contributed by atoms with Gasteiger partial charge in [-0.25, -0.2) is 0 Å². The Morgan fingerprint density at radius 2 is 2.00 bits per heavy atom. The zero-order chi connectivity index (χ0) is 13.1. The van der Waals surface area contributed by atoms with Crippen LogP contribution in [-0.2, 0) is 0 Å². The molecule has 1 aliphatic carbocycles. The lowest BCUT2D eigenvalue weighted by molar-refractivity contribution is 0.0927. The van der Waals surface area contributed by atoms with Crippen LogP contribution in [0, 0.1) is 3.57 Å². The third-order valence-corrected chi connectivity index (χ3v) is 4.55. The molecule has 0 saturated heterocycles. The van der Waals surface area contributed by atoms with Crippen LogP contribution in [0.25, 0.3) is 0 Å². The van der Waals surface area contributed by atoms with E-state index in [1.165, 1.54) is 6.07 Å². The highest BCUT2D eigenvalue weighted by molar-refractivity contribution is 14.1. The maximum absolute atomic E-state index is 12.0. The lowest BCUT2D eigenvalue weighted by Crippen LogP contribution is -2.37. The van der Waals surface area contributed by atoms with Crippen LogP contribution < -0.4 is 5.32 Å². The Balaban J connectivity index is 1.97. The van der Waals surface area contributed by atoms with Crippen molar-refractivity contribution in [2.45, 2.75) is 37.1 Å². The second-order valence-corrected chi connectivity index (χ2v) is 6.37. The fourth-order valence-electron chi connectivity index (χ4n) is 2.12. The van der Waals surface area contributed by atoms with Crippen LogP contribution in [0.15, 0.2) is 18.2 Å². The van der Waals surface area contributed by atoms with Crippen LogP contribution >= 0.6 is 34.2 Å². The van der Waals surface area contributed by atoms with Crippen LogP contribution in [-0.4, -0.2) is 22.4 Å². The van der Waals surface area contributed by atoms with Gasteiger partial charge in [-0.3, -0.25) is 4.79 Å². The van der Waals surface area contributed by atoms with Crippen molar-refractivity contribution in [1.29, 1.82) is 0 Å². The Morgan fingerprint density at radius 1 is 1.33 bits per heavy atom. The molecule has 3 nitrogen and oxygen atoms in total. The molecule has 98 valence electrons. The van der Waals surface area contributed by atoms with Crippen LogP contribution in [0.1, 0.15) is 36.0 Å². The van der Waals surface area contributed by atoms with Crippen LogP contribution in [0.3, 0.4) is 0 Å². The number of aromatic hydroxyl groups is 1. The van der Waals surface area contributed by atoms with Gasteiger partial charge in [-0.15, -0.1) is 11.6 Å². The summed E-state index contributed by atoms with van der Waals surface area (Å²) in [6.07, 6.45) is 3.75. The Bertz CT molecular complexity index is 445. The Hall–Kier alpha value is -0.490. The summed E-state index contributed by atoms with van der Waals surface area (Å²) in [5.74, 6) is 0.0208. The van der Waals surface area contributed by atoms with E-state index in [0.29, 0.717) is 5.56 Å². The van der Waals surface area contributed by atoms with Gasteiger partial charge in [0.2, 0.25) is 0 Å². The Labute approximate surface area is 125 Å². The standard InChI is InChI=1S/C13H15ClINO2/c14-9-2-4-10(5-3-9)16-13(18)8-1-6-11(15)12(17)7-8/h1,6-7,9-10,17H,2-5H2,(H,16,18). The van der Waals surface area contributed by atoms with Gasteiger partial charge in [-0.2, -0.15) is 0 Å². The average molecular weight is 380 g/mol. The number of nitrogens with one attached hydrogen (secondary N) is 1. The Kier molecular flexibility index (Phi) is 4.72. The molecule has 1 fully saturated rings. The van der Waals surface area contributed by atoms with Gasteiger partial charge in [0, 0.05) is 17.0 Å². The zero-order valence-corrected chi connectivity index (χ0v) is 12.7. The normalized spacial score (nSPS) is 23.7. The molecule has 1 aromatic rings. The van der Waals surface area contributed by atoms with Crippen LogP contribution in [0.4, 0.5) is 0 Å². The molecular formula is C13H15ClINO2. The Morgan fingerprint density at radius 3 is 2.61 bits per heavy atom. The van der Waals surface area contributed by atoms with E-state index < -0.39 is 0 Å². The molecule has 0 atom stereocenters. The molecule has 1 aliphatic rings. The molecule has 0 radical (unpaired) electrons. The smallest absolute Gasteiger partial charge is 0.251 e. The fraction of sp³-hybridized carbons (Fsp3) is 0.462. The first-order valence-electron chi connectivity index (χ1n) is 5.99. The van der Waals surface area contributed by atoms with E-state index in [1.54, 1.807) is 12.1 Å². The number of phenols is 1. The molecule has 2 N–H and O–H groups in total. The number of rotatable bonds is 2. The van der Waals surface area contributed by atoms with E-state index in [9.17, 15) is 9.90 Å². The SMILES string of the molecule is O=C(NC1CCC(Cl)CC1)c1ccc(I)c(O)c1. The van der Waals surface area contributed by atoms with E-state index in [4.69, 9.17) is 11.6 Å². The monoisotopic (exact) mass is 379 g/mol. The number of phenolic OH excluding ortho intramolecular Hbond substituents is 1. The number of hydrogen-bond donors (Lipinski definition) is 2. The molecule has 0 heterocycles. The second kappa shape index (κ2) is 6.10. The minimum absolute atomic E-state index is 0.125. The molecular weight excluding hydrogens is 365 g/mol. The summed E-state index contributed by atoms with van der Waals surface area (Å²) in [5.41, 5.74) is 0.501. The molecule has 1 amide bonds. The van der Waals surface area contributed by atoms with Gasteiger partial charge in [-0.1, -0.05) is 0 Å². The molecule has 0 spiro atoms. The molecule has 0 aliphatic heterocycles. The van der Waals surface area contributed by atoms with Crippen LogP contribution in [0.5, 0.6) is 5.75 Å². The van der Waals surface area contributed by atoms with Gasteiger partial charge < -0.3 is 10.4 Å². The van der Waals surface area contributed by atoms with Crippen molar-refractivity contribution in [2.75, 3.05) is 0 Å². The molecule has 0 unspecified atom stereocenters. The maximum Gasteiger partial charge on any atom is 0.251 e. The first-order valence-corrected chi connectivity index (χ1v) is 7.51. The van der Waals surface area contributed by atoms with Crippen molar-refractivity contribution < 1.29 is 9.90 Å². The number of carbonyl (C=O) groups is 1. The summed E-state index contributed by atoms with van der Waals surface area (Å²) < 4.78 is 0.742. The highest BCUT2D eigenvalue weighted by Gasteiger charge is 2.21. The molecule has 1 saturated carbocycles. The number of halogens is 2. The molecule has 0 bridgehead atoms. The molecule has 18 heavy (non-hydrogen) atoms. The van der Waals surface area contributed by atoms with E-state index in [-0.39, 0.29) is 23.1 Å². The zero-order valence-electron chi connectivity index (χ0n) is 9.83. The van der Waals surface area contributed by atoms with E-state index in [1.807, 2.05) is 22.6 Å². The first-order chi connectivity index (χ1) is 8.56. The van der Waals surface area contributed by atoms with Gasteiger partial charge in [0.1, 0.15) is 5.75 Å². The molecule has 0 aromatic heterocycles. The van der Waals surface area contributed by atoms with E-state index in [0.717, 1.165) is 29.3 Å². The molecule has 2 rings (SSSR count). The maximum atomic E-state index is 12.0. The highest BCUT2D eigenvalue weighted by atomic mass is 127.